The molecular weight excluding hydrogens is 318 g/mol. The molecule has 0 aliphatic carbocycles. The number of hydrogen-bond donors (Lipinski definition) is 0. The third kappa shape index (κ3) is 2.74. The first-order valence-electron chi connectivity index (χ1n) is 7.16. The van der Waals surface area contributed by atoms with Crippen LogP contribution in [0.1, 0.15) is 28.8 Å². The molecule has 1 aliphatic rings. The van der Waals surface area contributed by atoms with Crippen LogP contribution < -0.4 is 0 Å². The Labute approximate surface area is 134 Å². The first-order chi connectivity index (χ1) is 10.5. The number of carbonyl (C=O) groups excluding carboxylic acids is 1. The summed E-state index contributed by atoms with van der Waals surface area (Å²) in [6.07, 6.45) is 1.30. The van der Waals surface area contributed by atoms with Gasteiger partial charge in [-0.05, 0) is 31.2 Å². The van der Waals surface area contributed by atoms with E-state index in [0.29, 0.717) is 29.2 Å². The molecule has 116 valence electrons. The second kappa shape index (κ2) is 5.95. The molecule has 1 unspecified atom stereocenters. The van der Waals surface area contributed by atoms with E-state index in [-0.39, 0.29) is 5.78 Å². The van der Waals surface area contributed by atoms with Gasteiger partial charge in [-0.2, -0.15) is 4.31 Å². The molecular formula is C16H17NO3S2. The summed E-state index contributed by atoms with van der Waals surface area (Å²) in [4.78, 5) is 12.7. The van der Waals surface area contributed by atoms with E-state index in [1.54, 1.807) is 29.6 Å². The van der Waals surface area contributed by atoms with E-state index < -0.39 is 16.1 Å². The molecule has 1 fully saturated rings. The molecule has 3 rings (SSSR count). The maximum Gasteiger partial charge on any atom is 0.253 e. The summed E-state index contributed by atoms with van der Waals surface area (Å²) < 4.78 is 27.0. The van der Waals surface area contributed by atoms with Crippen LogP contribution in [-0.2, 0) is 10.0 Å². The summed E-state index contributed by atoms with van der Waals surface area (Å²) in [5, 5.41) is 1.74. The molecule has 1 aromatic heterocycles. The van der Waals surface area contributed by atoms with Crippen LogP contribution in [0, 0.1) is 6.92 Å². The molecule has 4 nitrogen and oxygen atoms in total. The third-order valence-electron chi connectivity index (χ3n) is 3.90. The summed E-state index contributed by atoms with van der Waals surface area (Å²) in [5.74, 6) is -0.113. The SMILES string of the molecule is Cc1ccc(C(=O)C2CCCN2S(=O)(=O)c2cccs2)cc1. The number of thiophene rings is 1. The Bertz CT molecular complexity index is 764. The van der Waals surface area contributed by atoms with Crippen molar-refractivity contribution in [2.45, 2.75) is 30.0 Å². The van der Waals surface area contributed by atoms with Gasteiger partial charge in [0, 0.05) is 12.1 Å². The predicted octanol–water partition coefficient (Wildman–Crippen LogP) is 3.09. The Morgan fingerprint density at radius 3 is 2.59 bits per heavy atom. The average Bonchev–Trinajstić information content (AvgIpc) is 3.19. The second-order valence-corrected chi connectivity index (χ2v) is 8.50. The Balaban J connectivity index is 1.90. The number of Topliss-reactive ketones (excluding diaryl/α,β-unsaturated/α-hetero) is 1. The zero-order valence-corrected chi connectivity index (χ0v) is 13.9. The van der Waals surface area contributed by atoms with Gasteiger partial charge >= 0.3 is 0 Å². The van der Waals surface area contributed by atoms with Crippen LogP contribution in [0.2, 0.25) is 0 Å². The number of ketones is 1. The van der Waals surface area contributed by atoms with E-state index in [0.717, 1.165) is 5.56 Å². The molecule has 0 saturated carbocycles. The van der Waals surface area contributed by atoms with Crippen LogP contribution >= 0.6 is 11.3 Å². The van der Waals surface area contributed by atoms with Crippen LogP contribution in [0.25, 0.3) is 0 Å². The van der Waals surface area contributed by atoms with Gasteiger partial charge in [-0.1, -0.05) is 35.9 Å². The molecule has 0 spiro atoms. The van der Waals surface area contributed by atoms with Crippen molar-refractivity contribution < 1.29 is 13.2 Å². The van der Waals surface area contributed by atoms with Crippen molar-refractivity contribution >= 4 is 27.1 Å². The lowest BCUT2D eigenvalue weighted by Gasteiger charge is -2.22. The monoisotopic (exact) mass is 335 g/mol. The number of rotatable bonds is 4. The van der Waals surface area contributed by atoms with Crippen molar-refractivity contribution in [2.75, 3.05) is 6.54 Å². The Morgan fingerprint density at radius 2 is 1.95 bits per heavy atom. The highest BCUT2D eigenvalue weighted by atomic mass is 32.2. The van der Waals surface area contributed by atoms with Gasteiger partial charge in [0.2, 0.25) is 0 Å². The zero-order chi connectivity index (χ0) is 15.7. The summed E-state index contributed by atoms with van der Waals surface area (Å²) in [5.41, 5.74) is 1.65. The number of sulfonamides is 1. The fraction of sp³-hybridized carbons (Fsp3) is 0.312. The molecule has 1 aliphatic heterocycles. The average molecular weight is 335 g/mol. The third-order valence-corrected chi connectivity index (χ3v) is 7.18. The normalized spacial score (nSPS) is 19.4. The van der Waals surface area contributed by atoms with Gasteiger partial charge in [-0.3, -0.25) is 4.79 Å². The fourth-order valence-electron chi connectivity index (χ4n) is 2.73. The van der Waals surface area contributed by atoms with Gasteiger partial charge in [0.25, 0.3) is 10.0 Å². The van der Waals surface area contributed by atoms with Crippen LogP contribution in [-0.4, -0.2) is 31.1 Å². The van der Waals surface area contributed by atoms with E-state index in [2.05, 4.69) is 0 Å². The summed E-state index contributed by atoms with van der Waals surface area (Å²) in [6.45, 7) is 2.36. The smallest absolute Gasteiger partial charge is 0.253 e. The lowest BCUT2D eigenvalue weighted by Crippen LogP contribution is -2.40. The van der Waals surface area contributed by atoms with Crippen molar-refractivity contribution in [1.29, 1.82) is 0 Å². The minimum atomic E-state index is -3.57. The van der Waals surface area contributed by atoms with E-state index in [1.807, 2.05) is 19.1 Å². The van der Waals surface area contributed by atoms with Crippen molar-refractivity contribution in [3.63, 3.8) is 0 Å². The van der Waals surface area contributed by atoms with E-state index in [9.17, 15) is 13.2 Å². The van der Waals surface area contributed by atoms with E-state index in [4.69, 9.17) is 0 Å². The van der Waals surface area contributed by atoms with Gasteiger partial charge < -0.3 is 0 Å². The molecule has 2 heterocycles. The minimum absolute atomic E-state index is 0.113. The molecule has 0 bridgehead atoms. The Hall–Kier alpha value is -1.50. The zero-order valence-electron chi connectivity index (χ0n) is 12.2. The van der Waals surface area contributed by atoms with Crippen LogP contribution in [0.5, 0.6) is 0 Å². The molecule has 1 atom stereocenters. The highest BCUT2D eigenvalue weighted by Crippen LogP contribution is 2.30. The molecule has 6 heteroatoms. The number of aryl methyl sites for hydroxylation is 1. The number of hydrogen-bond acceptors (Lipinski definition) is 4. The highest BCUT2D eigenvalue weighted by molar-refractivity contribution is 7.91. The lowest BCUT2D eigenvalue weighted by molar-refractivity contribution is 0.0918. The Morgan fingerprint density at radius 1 is 1.23 bits per heavy atom. The van der Waals surface area contributed by atoms with Crippen LogP contribution in [0.3, 0.4) is 0 Å². The predicted molar refractivity (Wildman–Crippen MR) is 86.7 cm³/mol. The second-order valence-electron chi connectivity index (χ2n) is 5.44. The van der Waals surface area contributed by atoms with Gasteiger partial charge in [-0.15, -0.1) is 11.3 Å². The number of nitrogens with zero attached hydrogens (tertiary/aromatic N) is 1. The minimum Gasteiger partial charge on any atom is -0.292 e. The van der Waals surface area contributed by atoms with E-state index in [1.165, 1.54) is 15.6 Å². The maximum atomic E-state index is 12.7. The summed E-state index contributed by atoms with van der Waals surface area (Å²) in [7, 11) is -3.57. The van der Waals surface area contributed by atoms with Gasteiger partial charge in [0.05, 0.1) is 6.04 Å². The van der Waals surface area contributed by atoms with Crippen molar-refractivity contribution in [1.82, 2.24) is 4.31 Å². The fourth-order valence-corrected chi connectivity index (χ4v) is 5.50. The molecule has 2 aromatic rings. The van der Waals surface area contributed by atoms with Crippen LogP contribution in [0.15, 0.2) is 46.0 Å². The molecule has 0 radical (unpaired) electrons. The topological polar surface area (TPSA) is 54.5 Å². The first-order valence-corrected chi connectivity index (χ1v) is 9.48. The molecule has 22 heavy (non-hydrogen) atoms. The van der Waals surface area contributed by atoms with Gasteiger partial charge in [-0.25, -0.2) is 8.42 Å². The molecule has 0 amide bonds. The number of carbonyl (C=O) groups is 1. The molecule has 0 N–H and O–H groups in total. The number of benzene rings is 1. The van der Waals surface area contributed by atoms with Gasteiger partial charge in [0.15, 0.2) is 5.78 Å². The molecule has 1 aromatic carbocycles. The quantitative estimate of drug-likeness (QED) is 0.807. The standard InChI is InChI=1S/C16H17NO3S2/c1-12-6-8-13(9-7-12)16(18)14-4-2-10-17(14)22(19,20)15-5-3-11-21-15/h3,5-9,11,14H,2,4,10H2,1H3. The first kappa shape index (κ1) is 15.4. The van der Waals surface area contributed by atoms with E-state index >= 15 is 0 Å². The van der Waals surface area contributed by atoms with Crippen molar-refractivity contribution in [2.24, 2.45) is 0 Å². The lowest BCUT2D eigenvalue weighted by atomic mass is 10.0. The maximum absolute atomic E-state index is 12.7. The van der Waals surface area contributed by atoms with Crippen molar-refractivity contribution in [3.8, 4) is 0 Å². The largest absolute Gasteiger partial charge is 0.292 e. The Kier molecular flexibility index (Phi) is 4.16. The van der Waals surface area contributed by atoms with Gasteiger partial charge in [0.1, 0.15) is 4.21 Å². The summed E-state index contributed by atoms with van der Waals surface area (Å²) >= 11 is 1.19. The summed E-state index contributed by atoms with van der Waals surface area (Å²) in [6, 6.07) is 10.0. The van der Waals surface area contributed by atoms with Crippen LogP contribution in [0.4, 0.5) is 0 Å². The molecule has 1 saturated heterocycles. The highest BCUT2D eigenvalue weighted by Gasteiger charge is 2.39. The van der Waals surface area contributed by atoms with Crippen molar-refractivity contribution in [3.05, 3.63) is 52.9 Å².